The number of hydrogen-bond acceptors (Lipinski definition) is 16. The molecule has 2 aromatic rings. The average Bonchev–Trinajstić information content (AvgIpc) is 3.53. The van der Waals surface area contributed by atoms with Crippen LogP contribution in [0.15, 0.2) is 18.2 Å². The van der Waals surface area contributed by atoms with Crippen molar-refractivity contribution >= 4 is 35.1 Å². The molecular weight excluding hydrogens is 714 g/mol. The van der Waals surface area contributed by atoms with Crippen molar-refractivity contribution in [3.8, 4) is 17.2 Å². The maximum absolute atomic E-state index is 14.1. The van der Waals surface area contributed by atoms with Gasteiger partial charge in [-0.1, -0.05) is 12.1 Å². The Hall–Kier alpha value is -3.61. The molecule has 15 nitrogen and oxygen atoms in total. The first kappa shape index (κ1) is 37.7. The number of Topliss-reactive ketones (excluding diaryl/α,β-unsaturated/α-hetero) is 1. The molecule has 8 atom stereocenters. The number of phenols is 2. The van der Waals surface area contributed by atoms with Crippen molar-refractivity contribution in [2.45, 2.75) is 87.8 Å². The van der Waals surface area contributed by atoms with Crippen LogP contribution in [0.1, 0.15) is 81.7 Å². The topological polar surface area (TPSA) is 197 Å². The van der Waals surface area contributed by atoms with E-state index in [1.54, 1.807) is 11.8 Å². The van der Waals surface area contributed by atoms with Crippen molar-refractivity contribution in [2.24, 2.45) is 0 Å². The van der Waals surface area contributed by atoms with Crippen LogP contribution < -0.4 is 4.74 Å². The van der Waals surface area contributed by atoms with Gasteiger partial charge in [0.1, 0.15) is 29.0 Å². The lowest BCUT2D eigenvalue weighted by Crippen LogP contribution is -2.55. The number of aliphatic hydroxyl groups is 1. The van der Waals surface area contributed by atoms with E-state index in [1.165, 1.54) is 32.4 Å². The number of carbonyl (C=O) groups excluding carboxylic acids is 4. The lowest BCUT2D eigenvalue weighted by molar-refractivity contribution is -0.256. The maximum atomic E-state index is 14.1. The van der Waals surface area contributed by atoms with E-state index in [2.05, 4.69) is 4.90 Å². The summed E-state index contributed by atoms with van der Waals surface area (Å²) >= 11 is 1.57. The van der Waals surface area contributed by atoms with Crippen LogP contribution in [0.5, 0.6) is 17.2 Å². The number of rotatable bonds is 11. The molecule has 0 amide bonds. The fraction of sp³-hybridized carbons (Fsp3) is 0.568. The lowest BCUT2D eigenvalue weighted by atomic mass is 9.72. The third-order valence-electron chi connectivity index (χ3n) is 10.8. The molecule has 3 aliphatic heterocycles. The molecule has 0 saturated carbocycles. The molecule has 0 bridgehead atoms. The fourth-order valence-corrected chi connectivity index (χ4v) is 8.69. The molecule has 2 aromatic carbocycles. The summed E-state index contributed by atoms with van der Waals surface area (Å²) in [5, 5.41) is 35.8. The highest BCUT2D eigenvalue weighted by Crippen LogP contribution is 2.53. The highest BCUT2D eigenvalue weighted by molar-refractivity contribution is 7.98. The number of ether oxygens (including phenoxy) is 7. The van der Waals surface area contributed by atoms with E-state index in [1.807, 2.05) is 13.2 Å². The summed E-state index contributed by atoms with van der Waals surface area (Å²) < 4.78 is 40.9. The first-order valence-corrected chi connectivity index (χ1v) is 19.0. The Morgan fingerprint density at radius 1 is 1.08 bits per heavy atom. The number of esters is 1. The quantitative estimate of drug-likeness (QED) is 0.146. The minimum Gasteiger partial charge on any atom is -0.507 e. The van der Waals surface area contributed by atoms with Crippen molar-refractivity contribution in [1.82, 2.24) is 4.90 Å². The predicted molar refractivity (Wildman–Crippen MR) is 185 cm³/mol. The summed E-state index contributed by atoms with van der Waals surface area (Å²) in [6, 6.07) is 4.24. The van der Waals surface area contributed by atoms with Crippen molar-refractivity contribution in [3.05, 3.63) is 51.6 Å². The van der Waals surface area contributed by atoms with E-state index >= 15 is 0 Å². The van der Waals surface area contributed by atoms with Crippen molar-refractivity contribution < 1.29 is 67.7 Å². The van der Waals surface area contributed by atoms with E-state index in [0.717, 1.165) is 5.75 Å². The van der Waals surface area contributed by atoms with Gasteiger partial charge in [0.2, 0.25) is 11.6 Å². The second-order valence-electron chi connectivity index (χ2n) is 13.9. The summed E-state index contributed by atoms with van der Waals surface area (Å²) in [5.41, 5.74) is -3.55. The van der Waals surface area contributed by atoms with Gasteiger partial charge in [0, 0.05) is 62.1 Å². The Kier molecular flexibility index (Phi) is 10.6. The van der Waals surface area contributed by atoms with Gasteiger partial charge in [0.15, 0.2) is 31.2 Å². The first-order chi connectivity index (χ1) is 25.4. The second kappa shape index (κ2) is 14.9. The maximum Gasteiger partial charge on any atom is 0.306 e. The molecule has 7 rings (SSSR count). The van der Waals surface area contributed by atoms with Crippen LogP contribution in [0.3, 0.4) is 0 Å². The Morgan fingerprint density at radius 3 is 2.58 bits per heavy atom. The fourth-order valence-electron chi connectivity index (χ4n) is 8.26. The molecule has 3 saturated heterocycles. The van der Waals surface area contributed by atoms with Gasteiger partial charge in [-0.3, -0.25) is 24.1 Å². The molecule has 0 aromatic heterocycles. The lowest BCUT2D eigenvalue weighted by Gasteiger charge is -2.43. The molecule has 53 heavy (non-hydrogen) atoms. The number of hydrogen-bond donors (Lipinski definition) is 3. The van der Waals surface area contributed by atoms with Gasteiger partial charge in [-0.25, -0.2) is 0 Å². The van der Waals surface area contributed by atoms with Crippen molar-refractivity contribution in [3.63, 3.8) is 0 Å². The van der Waals surface area contributed by atoms with Crippen LogP contribution >= 0.6 is 11.8 Å². The van der Waals surface area contributed by atoms with Gasteiger partial charge in [-0.2, -0.15) is 11.8 Å². The van der Waals surface area contributed by atoms with E-state index < -0.39 is 102 Å². The number of methoxy groups -OCH3 is 2. The van der Waals surface area contributed by atoms with E-state index in [-0.39, 0.29) is 53.0 Å². The molecule has 3 unspecified atom stereocenters. The van der Waals surface area contributed by atoms with Crippen LogP contribution in [0.25, 0.3) is 0 Å². The number of carbonyl (C=O) groups is 4. The molecule has 0 spiro atoms. The summed E-state index contributed by atoms with van der Waals surface area (Å²) in [6.45, 7) is 2.04. The molecule has 2 aliphatic carbocycles. The minimum absolute atomic E-state index is 0.0464. The number of nitrogens with zero attached hydrogens (tertiary/aromatic N) is 1. The molecule has 5 aliphatic rings. The number of thioether (sulfide) groups is 1. The Morgan fingerprint density at radius 2 is 1.85 bits per heavy atom. The van der Waals surface area contributed by atoms with Crippen LogP contribution in [0, 0.1) is 0 Å². The largest absolute Gasteiger partial charge is 0.507 e. The summed E-state index contributed by atoms with van der Waals surface area (Å²) in [7, 11) is 2.88. The highest BCUT2D eigenvalue weighted by Gasteiger charge is 2.55. The summed E-state index contributed by atoms with van der Waals surface area (Å²) in [6.07, 6.45) is -2.48. The number of benzene rings is 2. The molecule has 16 heteroatoms. The molecule has 3 heterocycles. The van der Waals surface area contributed by atoms with Crippen LogP contribution in [-0.4, -0.2) is 132 Å². The summed E-state index contributed by atoms with van der Waals surface area (Å²) in [5.74, 6) is -3.48. The monoisotopic (exact) mass is 757 g/mol. The number of aromatic hydroxyl groups is 2. The number of ketones is 3. The van der Waals surface area contributed by atoms with Crippen LogP contribution in [0.2, 0.25) is 0 Å². The standard InChI is InChI=1S/C37H43NO14S/c1-17-34-20(38-10-11-48-36(47-3)35(38)52-34)13-25(50-17)51-22-15-37(45,23(39)16-49-24(40)9-6-12-53-4)14-19-27(22)33(44)29-28(31(19)42)30(41)18-7-5-8-21(46-2)26(18)32(29)43/h5,7-8,17,20,22,25,34-36,42,44-45H,6,9-16H2,1-4H3/t17?,20-,22+,25?,34?,35-,36+,37+/m1/s1. The zero-order valence-corrected chi connectivity index (χ0v) is 30.6. The van der Waals surface area contributed by atoms with Gasteiger partial charge in [0.05, 0.1) is 42.6 Å². The van der Waals surface area contributed by atoms with Gasteiger partial charge < -0.3 is 48.5 Å². The smallest absolute Gasteiger partial charge is 0.306 e. The van der Waals surface area contributed by atoms with Crippen LogP contribution in [-0.2, 0) is 44.4 Å². The number of morpholine rings is 1. The highest BCUT2D eigenvalue weighted by atomic mass is 32.2. The predicted octanol–water partition coefficient (Wildman–Crippen LogP) is 2.41. The second-order valence-corrected chi connectivity index (χ2v) is 14.9. The van der Waals surface area contributed by atoms with Gasteiger partial charge in [-0.05, 0) is 31.4 Å². The number of fused-ring (bicyclic) bond motifs is 6. The zero-order chi connectivity index (χ0) is 37.8. The van der Waals surface area contributed by atoms with Gasteiger partial charge in [-0.15, -0.1) is 0 Å². The average molecular weight is 758 g/mol. The van der Waals surface area contributed by atoms with Gasteiger partial charge >= 0.3 is 5.97 Å². The van der Waals surface area contributed by atoms with E-state index in [0.29, 0.717) is 19.6 Å². The third-order valence-corrected chi connectivity index (χ3v) is 11.5. The van der Waals surface area contributed by atoms with Crippen molar-refractivity contribution in [2.75, 3.05) is 46.0 Å². The molecule has 286 valence electrons. The zero-order valence-electron chi connectivity index (χ0n) is 29.8. The molecule has 0 radical (unpaired) electrons. The SMILES string of the molecule is COc1cccc2c1C(=O)c1c(O)c3c(c(O)c1C2=O)C[C@@](O)(C(=O)COC(=O)CCCSC)C[C@@H]3OC1C[C@@H]2C(O[C@@H]3[C@@H](OC)OCCN23)C(C)O1. The Bertz CT molecular complexity index is 1820. The third kappa shape index (κ3) is 6.52. The summed E-state index contributed by atoms with van der Waals surface area (Å²) in [4.78, 5) is 56.2. The van der Waals surface area contributed by atoms with Gasteiger partial charge in [0.25, 0.3) is 0 Å². The molecular formula is C37H43NO14S. The Balaban J connectivity index is 1.25. The molecule has 3 N–H and O–H groups in total. The normalized spacial score (nSPS) is 30.5. The molecule has 3 fully saturated rings. The first-order valence-electron chi connectivity index (χ1n) is 17.6. The van der Waals surface area contributed by atoms with E-state index in [4.69, 9.17) is 33.2 Å². The van der Waals surface area contributed by atoms with Crippen LogP contribution in [0.4, 0.5) is 0 Å². The number of phenolic OH excluding ortho intramolecular Hbond substituents is 2. The Labute approximate surface area is 309 Å². The minimum atomic E-state index is -2.28. The van der Waals surface area contributed by atoms with Crippen molar-refractivity contribution in [1.29, 1.82) is 0 Å². The van der Waals surface area contributed by atoms with E-state index in [9.17, 15) is 34.5 Å².